The van der Waals surface area contributed by atoms with E-state index in [-0.39, 0.29) is 23.4 Å². The highest BCUT2D eigenvalue weighted by atomic mass is 79.9. The quantitative estimate of drug-likeness (QED) is 0.620. The van der Waals surface area contributed by atoms with Crippen molar-refractivity contribution in [2.24, 2.45) is 11.8 Å². The van der Waals surface area contributed by atoms with Gasteiger partial charge in [0, 0.05) is 11.9 Å². The van der Waals surface area contributed by atoms with Gasteiger partial charge in [-0.05, 0) is 48.9 Å². The monoisotopic (exact) mass is 393 g/mol. The van der Waals surface area contributed by atoms with Crippen molar-refractivity contribution in [2.75, 3.05) is 21.9 Å². The fraction of sp³-hybridized carbons (Fsp3) is 0.625. The Morgan fingerprint density at radius 3 is 2.41 bits per heavy atom. The van der Waals surface area contributed by atoms with Crippen LogP contribution in [0.5, 0.6) is 0 Å². The molecular formula is C16H25BrFNO2S. The molecule has 1 rings (SSSR count). The number of hydrogen-bond donors (Lipinski definition) is 0. The lowest BCUT2D eigenvalue weighted by Gasteiger charge is -2.26. The Morgan fingerprint density at radius 1 is 1.27 bits per heavy atom. The zero-order valence-electron chi connectivity index (χ0n) is 13.6. The molecule has 1 aromatic carbocycles. The summed E-state index contributed by atoms with van der Waals surface area (Å²) in [5, 5.41) is 0.777. The number of rotatable bonds is 8. The van der Waals surface area contributed by atoms with E-state index in [0.29, 0.717) is 24.2 Å². The largest absolute Gasteiger partial charge is 0.270 e. The molecule has 0 N–H and O–H groups in total. The number of nitrogens with zero attached hydrogens (tertiary/aromatic N) is 1. The Kier molecular flexibility index (Phi) is 7.32. The molecule has 0 heterocycles. The molecule has 0 amide bonds. The first-order valence-electron chi connectivity index (χ1n) is 7.56. The van der Waals surface area contributed by atoms with Gasteiger partial charge in [-0.3, -0.25) is 4.31 Å². The summed E-state index contributed by atoms with van der Waals surface area (Å²) in [5.41, 5.74) is 1.11. The van der Waals surface area contributed by atoms with Crippen molar-refractivity contribution < 1.29 is 12.8 Å². The zero-order valence-corrected chi connectivity index (χ0v) is 16.0. The summed E-state index contributed by atoms with van der Waals surface area (Å²) in [6, 6.07) is 4.58. The summed E-state index contributed by atoms with van der Waals surface area (Å²) < 4.78 is 40.1. The van der Waals surface area contributed by atoms with E-state index in [9.17, 15) is 12.8 Å². The highest BCUT2D eigenvalue weighted by Crippen LogP contribution is 2.25. The lowest BCUT2D eigenvalue weighted by Crippen LogP contribution is -2.35. The number of hydrogen-bond acceptors (Lipinski definition) is 2. The molecular weight excluding hydrogens is 369 g/mol. The molecule has 0 spiro atoms. The first-order chi connectivity index (χ1) is 10.2. The normalized spacial score (nSPS) is 13.4. The van der Waals surface area contributed by atoms with E-state index in [4.69, 9.17) is 0 Å². The number of halogens is 2. The fourth-order valence-corrected chi connectivity index (χ4v) is 3.67. The number of sulfonamides is 1. The molecule has 1 unspecified atom stereocenters. The van der Waals surface area contributed by atoms with Gasteiger partial charge in [0.15, 0.2) is 0 Å². The lowest BCUT2D eigenvalue weighted by atomic mass is 10.0. The molecule has 126 valence electrons. The molecule has 0 bridgehead atoms. The maximum absolute atomic E-state index is 14.0. The Bertz CT molecular complexity index is 590. The molecule has 0 aromatic heterocycles. The van der Waals surface area contributed by atoms with Crippen LogP contribution in [0.1, 0.15) is 33.3 Å². The minimum absolute atomic E-state index is 0.0320. The third kappa shape index (κ3) is 5.23. The van der Waals surface area contributed by atoms with Crippen LogP contribution in [-0.4, -0.2) is 26.0 Å². The van der Waals surface area contributed by atoms with Crippen molar-refractivity contribution in [2.45, 2.75) is 34.1 Å². The van der Waals surface area contributed by atoms with Crippen LogP contribution in [0, 0.1) is 17.7 Å². The molecule has 0 radical (unpaired) electrons. The van der Waals surface area contributed by atoms with Crippen LogP contribution in [-0.2, 0) is 16.4 Å². The second-order valence-corrected chi connectivity index (χ2v) is 8.89. The number of alkyl halides is 1. The summed E-state index contributed by atoms with van der Waals surface area (Å²) in [6.07, 6.45) is 0.576. The third-order valence-electron chi connectivity index (χ3n) is 3.38. The second-order valence-electron chi connectivity index (χ2n) is 6.06. The predicted octanol–water partition coefficient (Wildman–Crippen LogP) is 4.21. The van der Waals surface area contributed by atoms with Gasteiger partial charge in [-0.15, -0.1) is 0 Å². The van der Waals surface area contributed by atoms with Crippen LogP contribution >= 0.6 is 15.9 Å². The number of benzene rings is 1. The van der Waals surface area contributed by atoms with E-state index in [1.54, 1.807) is 19.1 Å². The average molecular weight is 394 g/mol. The molecule has 0 saturated carbocycles. The predicted molar refractivity (Wildman–Crippen MR) is 94.7 cm³/mol. The third-order valence-corrected chi connectivity index (χ3v) is 6.25. The van der Waals surface area contributed by atoms with E-state index in [0.717, 1.165) is 5.33 Å². The zero-order chi connectivity index (χ0) is 16.9. The standard InChI is InChI=1S/C16H25BrFNO2S/c1-5-22(20,21)19(11-12(2)3)15-6-7-16(18)14(9-15)8-13(4)10-17/h6-7,9,12-13H,5,8,10-11H2,1-4H3. The van der Waals surface area contributed by atoms with Crippen molar-refractivity contribution in [3.8, 4) is 0 Å². The number of anilines is 1. The van der Waals surface area contributed by atoms with Gasteiger partial charge in [-0.1, -0.05) is 36.7 Å². The summed E-state index contributed by atoms with van der Waals surface area (Å²) >= 11 is 3.39. The second kappa shape index (κ2) is 8.29. The Balaban J connectivity index is 3.23. The van der Waals surface area contributed by atoms with Gasteiger partial charge in [0.1, 0.15) is 5.82 Å². The van der Waals surface area contributed by atoms with Gasteiger partial charge < -0.3 is 0 Å². The lowest BCUT2D eigenvalue weighted by molar-refractivity contribution is 0.573. The SMILES string of the molecule is CCS(=O)(=O)N(CC(C)C)c1ccc(F)c(CC(C)CBr)c1. The molecule has 0 aliphatic carbocycles. The molecule has 0 aliphatic rings. The van der Waals surface area contributed by atoms with Gasteiger partial charge in [-0.2, -0.15) is 0 Å². The highest BCUT2D eigenvalue weighted by Gasteiger charge is 2.22. The van der Waals surface area contributed by atoms with Gasteiger partial charge in [0.2, 0.25) is 10.0 Å². The van der Waals surface area contributed by atoms with E-state index < -0.39 is 10.0 Å². The average Bonchev–Trinajstić information content (AvgIpc) is 2.46. The summed E-state index contributed by atoms with van der Waals surface area (Å²) in [6.45, 7) is 7.98. The van der Waals surface area contributed by atoms with Crippen LogP contribution in [0.2, 0.25) is 0 Å². The Morgan fingerprint density at radius 2 is 1.91 bits per heavy atom. The van der Waals surface area contributed by atoms with E-state index in [1.807, 2.05) is 20.8 Å². The van der Waals surface area contributed by atoms with Crippen molar-refractivity contribution in [3.05, 3.63) is 29.6 Å². The van der Waals surface area contributed by atoms with Gasteiger partial charge in [0.05, 0.1) is 11.4 Å². The molecule has 0 aliphatic heterocycles. The van der Waals surface area contributed by atoms with Crippen LogP contribution < -0.4 is 4.31 Å². The maximum Gasteiger partial charge on any atom is 0.234 e. The molecule has 0 fully saturated rings. The molecule has 1 aromatic rings. The van der Waals surface area contributed by atoms with Crippen LogP contribution in [0.3, 0.4) is 0 Å². The van der Waals surface area contributed by atoms with Crippen molar-refractivity contribution in [1.82, 2.24) is 0 Å². The van der Waals surface area contributed by atoms with Crippen molar-refractivity contribution >= 4 is 31.6 Å². The summed E-state index contributed by atoms with van der Waals surface area (Å²) in [5.74, 6) is 0.224. The van der Waals surface area contributed by atoms with Gasteiger partial charge in [0.25, 0.3) is 0 Å². The summed E-state index contributed by atoms with van der Waals surface area (Å²) in [4.78, 5) is 0. The van der Waals surface area contributed by atoms with Gasteiger partial charge in [-0.25, -0.2) is 12.8 Å². The molecule has 6 heteroatoms. The van der Waals surface area contributed by atoms with E-state index >= 15 is 0 Å². The Hall–Kier alpha value is -0.620. The summed E-state index contributed by atoms with van der Waals surface area (Å²) in [7, 11) is -3.37. The smallest absolute Gasteiger partial charge is 0.234 e. The first kappa shape index (κ1) is 19.4. The van der Waals surface area contributed by atoms with E-state index in [2.05, 4.69) is 15.9 Å². The minimum Gasteiger partial charge on any atom is -0.270 e. The molecule has 22 heavy (non-hydrogen) atoms. The molecule has 1 atom stereocenters. The first-order valence-corrected chi connectivity index (χ1v) is 10.3. The van der Waals surface area contributed by atoms with Crippen molar-refractivity contribution in [1.29, 1.82) is 0 Å². The van der Waals surface area contributed by atoms with Crippen LogP contribution in [0.4, 0.5) is 10.1 Å². The molecule has 3 nitrogen and oxygen atoms in total. The van der Waals surface area contributed by atoms with Crippen LogP contribution in [0.15, 0.2) is 18.2 Å². The van der Waals surface area contributed by atoms with Crippen molar-refractivity contribution in [3.63, 3.8) is 0 Å². The maximum atomic E-state index is 14.0. The van der Waals surface area contributed by atoms with Crippen LogP contribution in [0.25, 0.3) is 0 Å². The minimum atomic E-state index is -3.37. The van der Waals surface area contributed by atoms with Gasteiger partial charge >= 0.3 is 0 Å². The fourth-order valence-electron chi connectivity index (χ4n) is 2.17. The highest BCUT2D eigenvalue weighted by molar-refractivity contribution is 9.09. The Labute approximate surface area is 142 Å². The topological polar surface area (TPSA) is 37.4 Å². The molecule has 0 saturated heterocycles. The van der Waals surface area contributed by atoms with E-state index in [1.165, 1.54) is 10.4 Å².